The number of benzene rings is 1. The van der Waals surface area contributed by atoms with E-state index in [9.17, 15) is 18.0 Å². The number of alkyl halides is 3. The zero-order valence-corrected chi connectivity index (χ0v) is 13.8. The van der Waals surface area contributed by atoms with Crippen molar-refractivity contribution in [2.24, 2.45) is 0 Å². The van der Waals surface area contributed by atoms with E-state index in [1.165, 1.54) is 24.3 Å². The Bertz CT molecular complexity index is 767. The predicted octanol–water partition coefficient (Wildman–Crippen LogP) is 4.81. The molecule has 0 saturated carbocycles. The predicted molar refractivity (Wildman–Crippen MR) is 84.4 cm³/mol. The van der Waals surface area contributed by atoms with Crippen LogP contribution in [-0.2, 0) is 17.5 Å². The number of carbonyl (C=O) groups is 1. The fraction of sp³-hybridized carbons (Fsp3) is 0.200. The Morgan fingerprint density at radius 3 is 2.58 bits per heavy atom. The van der Waals surface area contributed by atoms with Gasteiger partial charge < -0.3 is 10.1 Å². The standard InChI is InChI=1S/C15H11Cl2F3N2O2/c1-24-14(23)13-12(17)10(6-11(16)22-13)21-7-8-4-2-3-5-9(8)15(18,19)20/h2-6H,7H2,1H3,(H,21,22). The van der Waals surface area contributed by atoms with E-state index in [2.05, 4.69) is 15.0 Å². The number of carbonyl (C=O) groups excluding carboxylic acids is 1. The van der Waals surface area contributed by atoms with Gasteiger partial charge in [0.1, 0.15) is 5.15 Å². The Morgan fingerprint density at radius 1 is 1.29 bits per heavy atom. The van der Waals surface area contributed by atoms with Crippen molar-refractivity contribution in [1.29, 1.82) is 0 Å². The van der Waals surface area contributed by atoms with Gasteiger partial charge in [-0.25, -0.2) is 9.78 Å². The number of nitrogens with zero attached hydrogens (tertiary/aromatic N) is 1. The summed E-state index contributed by atoms with van der Waals surface area (Å²) in [5, 5.41) is 2.60. The van der Waals surface area contributed by atoms with E-state index in [-0.39, 0.29) is 33.7 Å². The fourth-order valence-corrected chi connectivity index (χ4v) is 2.43. The Labute approximate surface area is 145 Å². The van der Waals surface area contributed by atoms with Gasteiger partial charge in [0, 0.05) is 12.6 Å². The number of hydrogen-bond acceptors (Lipinski definition) is 4. The average Bonchev–Trinajstić information content (AvgIpc) is 2.54. The van der Waals surface area contributed by atoms with Crippen molar-refractivity contribution < 1.29 is 22.7 Å². The van der Waals surface area contributed by atoms with Crippen molar-refractivity contribution in [3.63, 3.8) is 0 Å². The first-order valence-electron chi connectivity index (χ1n) is 6.57. The number of aromatic nitrogens is 1. The summed E-state index contributed by atoms with van der Waals surface area (Å²) in [6.07, 6.45) is -4.48. The molecule has 0 fully saturated rings. The van der Waals surface area contributed by atoms with Crippen LogP contribution in [0.3, 0.4) is 0 Å². The van der Waals surface area contributed by atoms with Gasteiger partial charge >= 0.3 is 12.1 Å². The van der Waals surface area contributed by atoms with Gasteiger partial charge in [0.2, 0.25) is 0 Å². The molecule has 0 bridgehead atoms. The molecule has 2 rings (SSSR count). The molecule has 1 heterocycles. The monoisotopic (exact) mass is 378 g/mol. The molecule has 1 aromatic heterocycles. The zero-order chi connectivity index (χ0) is 17.9. The van der Waals surface area contributed by atoms with E-state index in [1.807, 2.05) is 0 Å². The molecule has 0 aliphatic heterocycles. The van der Waals surface area contributed by atoms with Crippen molar-refractivity contribution in [3.05, 3.63) is 57.3 Å². The highest BCUT2D eigenvalue weighted by molar-refractivity contribution is 6.37. The lowest BCUT2D eigenvalue weighted by atomic mass is 10.1. The van der Waals surface area contributed by atoms with Crippen molar-refractivity contribution in [2.75, 3.05) is 12.4 Å². The highest BCUT2D eigenvalue weighted by atomic mass is 35.5. The third-order valence-electron chi connectivity index (χ3n) is 3.10. The number of hydrogen-bond donors (Lipinski definition) is 1. The second-order valence-corrected chi connectivity index (χ2v) is 5.42. The summed E-state index contributed by atoms with van der Waals surface area (Å²) in [6, 6.07) is 6.43. The molecule has 0 saturated heterocycles. The molecule has 4 nitrogen and oxygen atoms in total. The van der Waals surface area contributed by atoms with Crippen LogP contribution in [0.1, 0.15) is 21.6 Å². The van der Waals surface area contributed by atoms with E-state index >= 15 is 0 Å². The summed E-state index contributed by atoms with van der Waals surface area (Å²) in [6.45, 7) is -0.170. The lowest BCUT2D eigenvalue weighted by molar-refractivity contribution is -0.138. The minimum absolute atomic E-state index is 0.0219. The molecule has 0 spiro atoms. The minimum Gasteiger partial charge on any atom is -0.464 e. The first-order chi connectivity index (χ1) is 11.2. The molecular weight excluding hydrogens is 368 g/mol. The van der Waals surface area contributed by atoms with Gasteiger partial charge in [0.25, 0.3) is 0 Å². The average molecular weight is 379 g/mol. The van der Waals surface area contributed by atoms with Crippen molar-refractivity contribution in [3.8, 4) is 0 Å². The molecule has 128 valence electrons. The highest BCUT2D eigenvalue weighted by Gasteiger charge is 2.32. The topological polar surface area (TPSA) is 51.2 Å². The van der Waals surface area contributed by atoms with Crippen LogP contribution in [0.2, 0.25) is 10.2 Å². The number of halogens is 5. The largest absolute Gasteiger partial charge is 0.464 e. The van der Waals surface area contributed by atoms with Crippen LogP contribution in [0.4, 0.5) is 18.9 Å². The molecule has 0 unspecified atom stereocenters. The number of nitrogens with one attached hydrogen (secondary N) is 1. The molecule has 0 radical (unpaired) electrons. The van der Waals surface area contributed by atoms with E-state index in [0.29, 0.717) is 0 Å². The third kappa shape index (κ3) is 4.10. The quantitative estimate of drug-likeness (QED) is 0.612. The highest BCUT2D eigenvalue weighted by Crippen LogP contribution is 2.33. The van der Waals surface area contributed by atoms with Gasteiger partial charge in [-0.05, 0) is 11.6 Å². The Balaban J connectivity index is 2.31. The SMILES string of the molecule is COC(=O)c1nc(Cl)cc(NCc2ccccc2C(F)(F)F)c1Cl. The number of esters is 1. The van der Waals surface area contributed by atoms with Gasteiger partial charge in [0.05, 0.1) is 23.4 Å². The molecule has 2 aromatic rings. The lowest BCUT2D eigenvalue weighted by Crippen LogP contribution is -2.13. The summed E-state index contributed by atoms with van der Waals surface area (Å²) >= 11 is 11.9. The van der Waals surface area contributed by atoms with E-state index in [0.717, 1.165) is 13.2 Å². The first kappa shape index (κ1) is 18.4. The van der Waals surface area contributed by atoms with Crippen LogP contribution < -0.4 is 5.32 Å². The first-order valence-corrected chi connectivity index (χ1v) is 7.33. The van der Waals surface area contributed by atoms with Crippen molar-refractivity contribution in [1.82, 2.24) is 4.98 Å². The van der Waals surface area contributed by atoms with Gasteiger partial charge in [-0.3, -0.25) is 0 Å². The lowest BCUT2D eigenvalue weighted by Gasteiger charge is -2.15. The summed E-state index contributed by atoms with van der Waals surface area (Å²) in [4.78, 5) is 15.3. The Morgan fingerprint density at radius 2 is 1.96 bits per heavy atom. The van der Waals surface area contributed by atoms with E-state index in [4.69, 9.17) is 23.2 Å². The smallest absolute Gasteiger partial charge is 0.416 e. The van der Waals surface area contributed by atoms with Gasteiger partial charge in [0.15, 0.2) is 5.69 Å². The Kier molecular flexibility index (Phi) is 5.56. The molecule has 0 amide bonds. The second kappa shape index (κ2) is 7.27. The molecule has 1 N–H and O–H groups in total. The van der Waals surface area contributed by atoms with Crippen molar-refractivity contribution in [2.45, 2.75) is 12.7 Å². The number of ether oxygens (including phenoxy) is 1. The summed E-state index contributed by atoms with van der Waals surface area (Å²) in [5.74, 6) is -0.804. The summed E-state index contributed by atoms with van der Waals surface area (Å²) in [5.41, 5.74) is -0.789. The number of methoxy groups -OCH3 is 1. The summed E-state index contributed by atoms with van der Waals surface area (Å²) < 4.78 is 43.5. The maximum Gasteiger partial charge on any atom is 0.416 e. The molecule has 0 atom stereocenters. The number of pyridine rings is 1. The van der Waals surface area contributed by atoms with Gasteiger partial charge in [-0.1, -0.05) is 41.4 Å². The van der Waals surface area contributed by atoms with Crippen molar-refractivity contribution >= 4 is 34.9 Å². The molecule has 0 aliphatic carbocycles. The minimum atomic E-state index is -4.48. The van der Waals surface area contributed by atoms with Crippen LogP contribution >= 0.6 is 23.2 Å². The van der Waals surface area contributed by atoms with Crippen LogP contribution in [-0.4, -0.2) is 18.1 Å². The maximum absolute atomic E-state index is 13.0. The third-order valence-corrected chi connectivity index (χ3v) is 3.67. The summed E-state index contributed by atoms with van der Waals surface area (Å²) in [7, 11) is 1.15. The van der Waals surface area contributed by atoms with Crippen LogP contribution in [0.5, 0.6) is 0 Å². The van der Waals surface area contributed by atoms with Crippen LogP contribution in [0.15, 0.2) is 30.3 Å². The van der Waals surface area contributed by atoms with E-state index < -0.39 is 17.7 Å². The molecule has 1 aromatic carbocycles. The van der Waals surface area contributed by atoms with Gasteiger partial charge in [-0.15, -0.1) is 0 Å². The second-order valence-electron chi connectivity index (χ2n) is 4.66. The zero-order valence-electron chi connectivity index (χ0n) is 12.2. The molecule has 0 aliphatic rings. The molecule has 9 heteroatoms. The number of anilines is 1. The van der Waals surface area contributed by atoms with Gasteiger partial charge in [-0.2, -0.15) is 13.2 Å². The molecule has 24 heavy (non-hydrogen) atoms. The normalized spacial score (nSPS) is 11.2. The number of rotatable bonds is 4. The Hall–Kier alpha value is -1.99. The fourth-order valence-electron chi connectivity index (χ4n) is 2.00. The van der Waals surface area contributed by atoms with Crippen LogP contribution in [0.25, 0.3) is 0 Å². The maximum atomic E-state index is 13.0. The van der Waals surface area contributed by atoms with E-state index in [1.54, 1.807) is 0 Å². The van der Waals surface area contributed by atoms with Crippen LogP contribution in [0, 0.1) is 0 Å². The molecular formula is C15H11Cl2F3N2O2.